The van der Waals surface area contributed by atoms with Gasteiger partial charge in [-0.2, -0.15) is 0 Å². The Morgan fingerprint density at radius 2 is 2.00 bits per heavy atom. The Kier molecular flexibility index (Phi) is 5.85. The molecule has 4 heteroatoms. The number of halogens is 1. The van der Waals surface area contributed by atoms with Crippen LogP contribution in [0.4, 0.5) is 0 Å². The summed E-state index contributed by atoms with van der Waals surface area (Å²) in [5.74, 6) is 0. The number of rotatable bonds is 4. The average Bonchev–Trinajstić information content (AvgIpc) is 2.63. The second-order valence-electron chi connectivity index (χ2n) is 5.72. The monoisotopic (exact) mass is 295 g/mol. The number of benzene rings is 1. The quantitative estimate of drug-likeness (QED) is 0.927. The molecule has 1 aliphatic rings. The van der Waals surface area contributed by atoms with E-state index in [4.69, 9.17) is 17.3 Å². The molecule has 1 fully saturated rings. The van der Waals surface area contributed by atoms with Crippen molar-refractivity contribution < 1.29 is 0 Å². The third-order valence-corrected chi connectivity index (χ3v) is 4.55. The molecule has 2 atom stereocenters. The van der Waals surface area contributed by atoms with Crippen LogP contribution in [0.15, 0.2) is 24.3 Å². The third kappa shape index (κ3) is 3.73. The average molecular weight is 296 g/mol. The van der Waals surface area contributed by atoms with E-state index in [1.807, 2.05) is 12.1 Å². The zero-order valence-corrected chi connectivity index (χ0v) is 13.3. The van der Waals surface area contributed by atoms with Crippen LogP contribution in [-0.2, 0) is 0 Å². The van der Waals surface area contributed by atoms with Crippen molar-refractivity contribution in [3.63, 3.8) is 0 Å². The normalized spacial score (nSPS) is 23.5. The maximum Gasteiger partial charge on any atom is 0.0473 e. The number of nitrogens with zero attached hydrogens (tertiary/aromatic N) is 2. The lowest BCUT2D eigenvalue weighted by Crippen LogP contribution is -2.44. The molecule has 0 saturated carbocycles. The highest BCUT2D eigenvalue weighted by Crippen LogP contribution is 2.26. The van der Waals surface area contributed by atoms with Crippen molar-refractivity contribution in [2.75, 3.05) is 33.2 Å². The fraction of sp³-hybridized carbons (Fsp3) is 0.625. The van der Waals surface area contributed by atoms with E-state index < -0.39 is 0 Å². The SMILES string of the molecule is CCC1CN(C)CCCN1C(CN)c1ccc(Cl)cc1. The van der Waals surface area contributed by atoms with Gasteiger partial charge < -0.3 is 10.6 Å². The molecule has 3 nitrogen and oxygen atoms in total. The first-order valence-corrected chi connectivity index (χ1v) is 7.93. The van der Waals surface area contributed by atoms with Gasteiger partial charge in [0.15, 0.2) is 0 Å². The van der Waals surface area contributed by atoms with Crippen LogP contribution in [0.2, 0.25) is 5.02 Å². The molecule has 1 aromatic rings. The van der Waals surface area contributed by atoms with Gasteiger partial charge in [0.05, 0.1) is 0 Å². The summed E-state index contributed by atoms with van der Waals surface area (Å²) in [5, 5.41) is 0.784. The smallest absolute Gasteiger partial charge is 0.0473 e. The Morgan fingerprint density at radius 1 is 1.30 bits per heavy atom. The Bertz CT molecular complexity index is 407. The minimum Gasteiger partial charge on any atom is -0.329 e. The van der Waals surface area contributed by atoms with E-state index in [1.54, 1.807) is 0 Å². The summed E-state index contributed by atoms with van der Waals surface area (Å²) in [6.07, 6.45) is 2.37. The van der Waals surface area contributed by atoms with Crippen molar-refractivity contribution in [1.29, 1.82) is 0 Å². The molecule has 2 rings (SSSR count). The van der Waals surface area contributed by atoms with Crippen molar-refractivity contribution in [3.05, 3.63) is 34.9 Å². The largest absolute Gasteiger partial charge is 0.329 e. The van der Waals surface area contributed by atoms with Gasteiger partial charge in [-0.05, 0) is 44.1 Å². The third-order valence-electron chi connectivity index (χ3n) is 4.30. The summed E-state index contributed by atoms with van der Waals surface area (Å²) in [5.41, 5.74) is 7.37. The summed E-state index contributed by atoms with van der Waals surface area (Å²) >= 11 is 5.99. The molecule has 0 aliphatic carbocycles. The van der Waals surface area contributed by atoms with Gasteiger partial charge in [-0.3, -0.25) is 4.90 Å². The molecular formula is C16H26ClN3. The zero-order valence-electron chi connectivity index (χ0n) is 12.6. The maximum atomic E-state index is 6.09. The first kappa shape index (κ1) is 15.8. The fourth-order valence-electron chi connectivity index (χ4n) is 3.18. The molecule has 0 radical (unpaired) electrons. The minimum absolute atomic E-state index is 0.295. The molecule has 1 saturated heterocycles. The topological polar surface area (TPSA) is 32.5 Å². The lowest BCUT2D eigenvalue weighted by molar-refractivity contribution is 0.131. The molecule has 1 aliphatic heterocycles. The van der Waals surface area contributed by atoms with Crippen molar-refractivity contribution in [2.24, 2.45) is 5.73 Å². The van der Waals surface area contributed by atoms with E-state index in [2.05, 4.69) is 35.9 Å². The van der Waals surface area contributed by atoms with E-state index in [-0.39, 0.29) is 0 Å². The number of hydrogen-bond donors (Lipinski definition) is 1. The lowest BCUT2D eigenvalue weighted by atomic mass is 10.0. The summed E-state index contributed by atoms with van der Waals surface area (Å²) in [4.78, 5) is 5.02. The molecule has 0 spiro atoms. The van der Waals surface area contributed by atoms with Crippen molar-refractivity contribution in [2.45, 2.75) is 31.8 Å². The molecule has 2 unspecified atom stereocenters. The molecule has 0 aromatic heterocycles. The Morgan fingerprint density at radius 3 is 2.60 bits per heavy atom. The van der Waals surface area contributed by atoms with Gasteiger partial charge in [0.25, 0.3) is 0 Å². The maximum absolute atomic E-state index is 6.09. The van der Waals surface area contributed by atoms with Crippen LogP contribution in [0.3, 0.4) is 0 Å². The Labute approximate surface area is 127 Å². The van der Waals surface area contributed by atoms with Gasteiger partial charge in [0.2, 0.25) is 0 Å². The molecule has 0 amide bonds. The van der Waals surface area contributed by atoms with Crippen LogP contribution < -0.4 is 5.73 Å². The van der Waals surface area contributed by atoms with Gasteiger partial charge in [-0.1, -0.05) is 30.7 Å². The zero-order chi connectivity index (χ0) is 14.5. The predicted molar refractivity (Wildman–Crippen MR) is 86.1 cm³/mol. The minimum atomic E-state index is 0.295. The molecule has 20 heavy (non-hydrogen) atoms. The number of nitrogens with two attached hydrogens (primary N) is 1. The second kappa shape index (κ2) is 7.41. The van der Waals surface area contributed by atoms with Crippen molar-refractivity contribution in [3.8, 4) is 0 Å². The van der Waals surface area contributed by atoms with Crippen molar-refractivity contribution >= 4 is 11.6 Å². The number of likely N-dealkylation sites (N-methyl/N-ethyl adjacent to an activating group) is 1. The molecule has 1 aromatic carbocycles. The van der Waals surface area contributed by atoms with Crippen LogP contribution in [-0.4, -0.2) is 49.1 Å². The van der Waals surface area contributed by atoms with E-state index in [0.717, 1.165) is 24.5 Å². The van der Waals surface area contributed by atoms with Crippen LogP contribution in [0.1, 0.15) is 31.4 Å². The predicted octanol–water partition coefficient (Wildman–Crippen LogP) is 2.76. The standard InChI is InChI=1S/C16H26ClN3/c1-3-15-12-19(2)9-4-10-20(15)16(11-18)13-5-7-14(17)8-6-13/h5-8,15-16H,3-4,9-12,18H2,1-2H3. The van der Waals surface area contributed by atoms with Crippen LogP contribution in [0.5, 0.6) is 0 Å². The molecule has 112 valence electrons. The fourth-order valence-corrected chi connectivity index (χ4v) is 3.31. The second-order valence-corrected chi connectivity index (χ2v) is 6.16. The molecule has 1 heterocycles. The summed E-state index contributed by atoms with van der Waals surface area (Å²) in [6.45, 7) is 6.34. The van der Waals surface area contributed by atoms with E-state index in [9.17, 15) is 0 Å². The van der Waals surface area contributed by atoms with Crippen LogP contribution in [0.25, 0.3) is 0 Å². The molecular weight excluding hydrogens is 270 g/mol. The van der Waals surface area contributed by atoms with Gasteiger partial charge in [0.1, 0.15) is 0 Å². The van der Waals surface area contributed by atoms with E-state index in [1.165, 1.54) is 18.5 Å². The van der Waals surface area contributed by atoms with Crippen LogP contribution >= 0.6 is 11.6 Å². The Balaban J connectivity index is 2.21. The van der Waals surface area contributed by atoms with E-state index in [0.29, 0.717) is 18.6 Å². The highest BCUT2D eigenvalue weighted by Gasteiger charge is 2.28. The first-order valence-electron chi connectivity index (χ1n) is 7.55. The van der Waals surface area contributed by atoms with Gasteiger partial charge >= 0.3 is 0 Å². The van der Waals surface area contributed by atoms with Gasteiger partial charge in [0, 0.05) is 36.7 Å². The molecule has 0 bridgehead atoms. The van der Waals surface area contributed by atoms with Crippen molar-refractivity contribution in [1.82, 2.24) is 9.80 Å². The van der Waals surface area contributed by atoms with Crippen LogP contribution in [0, 0.1) is 0 Å². The van der Waals surface area contributed by atoms with Gasteiger partial charge in [-0.25, -0.2) is 0 Å². The first-order chi connectivity index (χ1) is 9.65. The van der Waals surface area contributed by atoms with E-state index >= 15 is 0 Å². The molecule has 2 N–H and O–H groups in total. The number of hydrogen-bond acceptors (Lipinski definition) is 3. The summed E-state index contributed by atoms with van der Waals surface area (Å²) in [7, 11) is 2.21. The Hall–Kier alpha value is -0.610. The highest BCUT2D eigenvalue weighted by atomic mass is 35.5. The summed E-state index contributed by atoms with van der Waals surface area (Å²) in [6, 6.07) is 9.02. The van der Waals surface area contributed by atoms with Gasteiger partial charge in [-0.15, -0.1) is 0 Å². The lowest BCUT2D eigenvalue weighted by Gasteiger charge is -2.37. The summed E-state index contributed by atoms with van der Waals surface area (Å²) < 4.78 is 0. The highest BCUT2D eigenvalue weighted by molar-refractivity contribution is 6.30.